The van der Waals surface area contributed by atoms with Gasteiger partial charge in [-0.3, -0.25) is 0 Å². The topological polar surface area (TPSA) is 53.1 Å². The molecule has 0 fully saturated rings. The highest BCUT2D eigenvalue weighted by Crippen LogP contribution is 2.28. The van der Waals surface area contributed by atoms with Crippen LogP contribution in [0.1, 0.15) is 25.3 Å². The lowest BCUT2D eigenvalue weighted by Crippen LogP contribution is -2.22. The fraction of sp³-hybridized carbons (Fsp3) is 0.438. The van der Waals surface area contributed by atoms with Gasteiger partial charge in [-0.05, 0) is 31.4 Å². The number of aryl methyl sites for hydroxylation is 1. The Kier molecular flexibility index (Phi) is 6.08. The Labute approximate surface area is 130 Å². The molecule has 0 saturated carbocycles. The summed E-state index contributed by atoms with van der Waals surface area (Å²) in [5.74, 6) is 0.844. The Morgan fingerprint density at radius 1 is 1.43 bits per heavy atom. The summed E-state index contributed by atoms with van der Waals surface area (Å²) in [7, 11) is 0. The van der Waals surface area contributed by atoms with Crippen LogP contribution in [0.25, 0.3) is 0 Å². The van der Waals surface area contributed by atoms with E-state index in [9.17, 15) is 0 Å². The van der Waals surface area contributed by atoms with Gasteiger partial charge < -0.3 is 15.0 Å². The molecule has 2 N–H and O–H groups in total. The largest absolute Gasteiger partial charge is 0.493 e. The van der Waals surface area contributed by atoms with Gasteiger partial charge in [0.1, 0.15) is 5.75 Å². The molecule has 0 saturated heterocycles. The number of nitrogens with zero attached hydrogens (tertiary/aromatic N) is 2. The molecule has 0 radical (unpaired) electrons. The van der Waals surface area contributed by atoms with E-state index in [1.807, 2.05) is 35.3 Å². The second kappa shape index (κ2) is 8.05. The van der Waals surface area contributed by atoms with Crippen LogP contribution in [-0.4, -0.2) is 22.2 Å². The van der Waals surface area contributed by atoms with E-state index in [0.29, 0.717) is 6.61 Å². The van der Waals surface area contributed by atoms with Crippen molar-refractivity contribution < 1.29 is 4.74 Å². The molecule has 4 nitrogen and oxygen atoms in total. The van der Waals surface area contributed by atoms with E-state index in [0.717, 1.165) is 42.1 Å². The molecule has 2 aromatic rings. The minimum absolute atomic E-state index is 0.109. The summed E-state index contributed by atoms with van der Waals surface area (Å²) in [6.45, 7) is 3.62. The first-order valence-corrected chi connectivity index (χ1v) is 7.70. The quantitative estimate of drug-likeness (QED) is 0.761. The van der Waals surface area contributed by atoms with Gasteiger partial charge in [-0.1, -0.05) is 24.6 Å². The molecule has 0 amide bonds. The first kappa shape index (κ1) is 15.9. The Hall–Kier alpha value is -1.52. The summed E-state index contributed by atoms with van der Waals surface area (Å²) >= 11 is 6.28. The predicted octanol–water partition coefficient (Wildman–Crippen LogP) is 3.29. The van der Waals surface area contributed by atoms with Crippen molar-refractivity contribution in [1.29, 1.82) is 0 Å². The minimum atomic E-state index is 0.109. The fourth-order valence-electron chi connectivity index (χ4n) is 2.13. The maximum atomic E-state index is 6.28. The molecule has 114 valence electrons. The number of halogens is 1. The van der Waals surface area contributed by atoms with Crippen LogP contribution in [0.5, 0.6) is 5.75 Å². The lowest BCUT2D eigenvalue weighted by molar-refractivity contribution is 0.298. The van der Waals surface area contributed by atoms with E-state index < -0.39 is 0 Å². The van der Waals surface area contributed by atoms with Crippen molar-refractivity contribution in [2.45, 2.75) is 38.8 Å². The molecular formula is C16H22ClN3O. The first-order chi connectivity index (χ1) is 10.2. The normalized spacial score (nSPS) is 12.3. The zero-order valence-electron chi connectivity index (χ0n) is 12.3. The van der Waals surface area contributed by atoms with Crippen molar-refractivity contribution in [2.75, 3.05) is 6.61 Å². The number of ether oxygens (including phenoxy) is 1. The van der Waals surface area contributed by atoms with Crippen LogP contribution >= 0.6 is 11.6 Å². The molecule has 5 heteroatoms. The molecule has 1 unspecified atom stereocenters. The van der Waals surface area contributed by atoms with E-state index in [2.05, 4.69) is 11.9 Å². The Morgan fingerprint density at radius 3 is 3.00 bits per heavy atom. The summed E-state index contributed by atoms with van der Waals surface area (Å²) in [5, 5.41) is 0.728. The van der Waals surface area contributed by atoms with Crippen LogP contribution in [0.2, 0.25) is 5.02 Å². The van der Waals surface area contributed by atoms with Crippen molar-refractivity contribution in [3.8, 4) is 5.75 Å². The van der Waals surface area contributed by atoms with Crippen LogP contribution in [0, 0.1) is 0 Å². The molecule has 0 aliphatic rings. The zero-order valence-corrected chi connectivity index (χ0v) is 13.1. The average Bonchev–Trinajstić information content (AvgIpc) is 2.99. The van der Waals surface area contributed by atoms with E-state index in [1.54, 1.807) is 6.20 Å². The number of benzene rings is 1. The standard InChI is InChI=1S/C16H22ClN3O/c1-2-13(18)11-14-15(17)5-3-6-16(14)21-10-4-8-20-9-7-19-12-20/h3,5-7,9,12-13H,2,4,8,10-11,18H2,1H3. The Bertz CT molecular complexity index is 542. The molecule has 1 heterocycles. The van der Waals surface area contributed by atoms with Crippen LogP contribution < -0.4 is 10.5 Å². The third-order valence-corrected chi connectivity index (χ3v) is 3.80. The van der Waals surface area contributed by atoms with E-state index in [4.69, 9.17) is 22.1 Å². The van der Waals surface area contributed by atoms with Crippen molar-refractivity contribution in [3.05, 3.63) is 47.5 Å². The number of hydrogen-bond donors (Lipinski definition) is 1. The molecule has 1 atom stereocenters. The molecule has 21 heavy (non-hydrogen) atoms. The van der Waals surface area contributed by atoms with E-state index >= 15 is 0 Å². The minimum Gasteiger partial charge on any atom is -0.493 e. The molecule has 0 bridgehead atoms. The lowest BCUT2D eigenvalue weighted by atomic mass is 10.0. The third kappa shape index (κ3) is 4.76. The first-order valence-electron chi connectivity index (χ1n) is 7.32. The summed E-state index contributed by atoms with van der Waals surface area (Å²) in [4.78, 5) is 4.02. The maximum absolute atomic E-state index is 6.28. The average molecular weight is 308 g/mol. The predicted molar refractivity (Wildman–Crippen MR) is 85.8 cm³/mol. The van der Waals surface area contributed by atoms with E-state index in [1.165, 1.54) is 0 Å². The highest BCUT2D eigenvalue weighted by Gasteiger charge is 2.11. The van der Waals surface area contributed by atoms with Crippen molar-refractivity contribution in [1.82, 2.24) is 9.55 Å². The van der Waals surface area contributed by atoms with Gasteiger partial charge in [-0.2, -0.15) is 0 Å². The zero-order chi connectivity index (χ0) is 15.1. The van der Waals surface area contributed by atoms with Gasteiger partial charge in [0.15, 0.2) is 0 Å². The molecule has 1 aromatic heterocycles. The smallest absolute Gasteiger partial charge is 0.124 e. The van der Waals surface area contributed by atoms with Gasteiger partial charge in [-0.15, -0.1) is 0 Å². The molecule has 0 aliphatic carbocycles. The van der Waals surface area contributed by atoms with Gasteiger partial charge in [0.05, 0.1) is 12.9 Å². The van der Waals surface area contributed by atoms with Crippen LogP contribution in [0.4, 0.5) is 0 Å². The second-order valence-electron chi connectivity index (χ2n) is 5.09. The molecule has 0 aliphatic heterocycles. The number of hydrogen-bond acceptors (Lipinski definition) is 3. The van der Waals surface area contributed by atoms with Crippen LogP contribution in [-0.2, 0) is 13.0 Å². The second-order valence-corrected chi connectivity index (χ2v) is 5.50. The summed E-state index contributed by atoms with van der Waals surface area (Å²) < 4.78 is 7.92. The SMILES string of the molecule is CCC(N)Cc1c(Cl)cccc1OCCCn1ccnc1. The molecule has 0 spiro atoms. The lowest BCUT2D eigenvalue weighted by Gasteiger charge is -2.16. The van der Waals surface area contributed by atoms with Crippen LogP contribution in [0.15, 0.2) is 36.9 Å². The molecule has 2 rings (SSSR count). The van der Waals surface area contributed by atoms with Gasteiger partial charge in [0.25, 0.3) is 0 Å². The number of nitrogens with two attached hydrogens (primary N) is 1. The van der Waals surface area contributed by atoms with Crippen molar-refractivity contribution >= 4 is 11.6 Å². The van der Waals surface area contributed by atoms with Crippen molar-refractivity contribution in [3.63, 3.8) is 0 Å². The number of imidazole rings is 1. The third-order valence-electron chi connectivity index (χ3n) is 3.44. The number of rotatable bonds is 8. The molecular weight excluding hydrogens is 286 g/mol. The highest BCUT2D eigenvalue weighted by molar-refractivity contribution is 6.31. The van der Waals surface area contributed by atoms with Crippen LogP contribution in [0.3, 0.4) is 0 Å². The summed E-state index contributed by atoms with van der Waals surface area (Å²) in [6, 6.07) is 5.87. The van der Waals surface area contributed by atoms with Gasteiger partial charge in [-0.25, -0.2) is 4.98 Å². The Morgan fingerprint density at radius 2 is 2.29 bits per heavy atom. The van der Waals surface area contributed by atoms with Crippen molar-refractivity contribution in [2.24, 2.45) is 5.73 Å². The van der Waals surface area contributed by atoms with Gasteiger partial charge in [0.2, 0.25) is 0 Å². The van der Waals surface area contributed by atoms with Gasteiger partial charge >= 0.3 is 0 Å². The van der Waals surface area contributed by atoms with E-state index in [-0.39, 0.29) is 6.04 Å². The maximum Gasteiger partial charge on any atom is 0.124 e. The summed E-state index contributed by atoms with van der Waals surface area (Å²) in [6.07, 6.45) is 8.12. The monoisotopic (exact) mass is 307 g/mol. The molecule has 1 aromatic carbocycles. The highest BCUT2D eigenvalue weighted by atomic mass is 35.5. The Balaban J connectivity index is 1.91. The van der Waals surface area contributed by atoms with Gasteiger partial charge in [0, 0.05) is 35.6 Å². The fourth-order valence-corrected chi connectivity index (χ4v) is 2.37. The number of aromatic nitrogens is 2. The summed E-state index contributed by atoms with van der Waals surface area (Å²) in [5.41, 5.74) is 7.05.